The minimum absolute atomic E-state index is 0.527. The van der Waals surface area contributed by atoms with Crippen LogP contribution in [0.2, 0.25) is 0 Å². The van der Waals surface area contributed by atoms with E-state index in [-0.39, 0.29) is 0 Å². The van der Waals surface area contributed by atoms with Crippen LogP contribution in [0.5, 0.6) is 0 Å². The highest BCUT2D eigenvalue weighted by atomic mass is 15.4. The number of nitrogens with one attached hydrogen (secondary N) is 1. The minimum Gasteiger partial charge on any atom is -0.359 e. The lowest BCUT2D eigenvalue weighted by molar-refractivity contribution is 0.193. The summed E-state index contributed by atoms with van der Waals surface area (Å²) in [6.45, 7) is 8.00. The van der Waals surface area contributed by atoms with Gasteiger partial charge in [0, 0.05) is 26.0 Å². The maximum Gasteiger partial charge on any atom is 0.0974 e. The van der Waals surface area contributed by atoms with Crippen LogP contribution < -0.4 is 5.32 Å². The molecule has 3 heteroatoms. The zero-order chi connectivity index (χ0) is 12.5. The Hall–Kier alpha value is -0.700. The predicted molar refractivity (Wildman–Crippen MR) is 74.7 cm³/mol. The largest absolute Gasteiger partial charge is 0.359 e. The van der Waals surface area contributed by atoms with Crippen LogP contribution in [0.15, 0.2) is 12.4 Å². The monoisotopic (exact) mass is 239 g/mol. The second kappa shape index (κ2) is 8.40. The first-order chi connectivity index (χ1) is 8.25. The maximum atomic E-state index is 3.53. The van der Waals surface area contributed by atoms with Crippen LogP contribution in [0.3, 0.4) is 0 Å². The third kappa shape index (κ3) is 5.44. The van der Waals surface area contributed by atoms with E-state index in [1.807, 2.05) is 0 Å². The van der Waals surface area contributed by atoms with Crippen molar-refractivity contribution < 1.29 is 0 Å². The lowest BCUT2D eigenvalue weighted by Gasteiger charge is -2.26. The summed E-state index contributed by atoms with van der Waals surface area (Å²) in [7, 11) is 2.13. The van der Waals surface area contributed by atoms with Gasteiger partial charge in [-0.1, -0.05) is 26.2 Å². The molecule has 1 aliphatic rings. The van der Waals surface area contributed by atoms with Crippen molar-refractivity contribution in [1.82, 2.24) is 15.1 Å². The zero-order valence-corrected chi connectivity index (χ0v) is 11.8. The summed E-state index contributed by atoms with van der Waals surface area (Å²) in [6, 6.07) is 0. The molecule has 1 heterocycles. The van der Waals surface area contributed by atoms with Gasteiger partial charge in [-0.2, -0.15) is 0 Å². The molecule has 0 saturated heterocycles. The highest BCUT2D eigenvalue weighted by molar-refractivity contribution is 4.93. The molecule has 0 bridgehead atoms. The molecule has 0 aromatic rings. The summed E-state index contributed by atoms with van der Waals surface area (Å²) in [5.41, 5.74) is 0. The molecule has 0 radical (unpaired) electrons. The highest BCUT2D eigenvalue weighted by Gasteiger charge is 2.17. The molecule has 100 valence electrons. The van der Waals surface area contributed by atoms with E-state index in [9.17, 15) is 0 Å². The summed E-state index contributed by atoms with van der Waals surface area (Å²) < 4.78 is 0. The van der Waals surface area contributed by atoms with E-state index in [1.54, 1.807) is 0 Å². The summed E-state index contributed by atoms with van der Waals surface area (Å²) in [5, 5.41) is 3.53. The molecule has 1 N–H and O–H groups in total. The third-order valence-corrected chi connectivity index (χ3v) is 3.54. The quantitative estimate of drug-likeness (QED) is 0.624. The fourth-order valence-corrected chi connectivity index (χ4v) is 2.12. The Morgan fingerprint density at radius 2 is 1.82 bits per heavy atom. The zero-order valence-electron chi connectivity index (χ0n) is 11.8. The van der Waals surface area contributed by atoms with Crippen LogP contribution >= 0.6 is 0 Å². The molecule has 0 aromatic heterocycles. The first-order valence-corrected chi connectivity index (χ1v) is 7.12. The van der Waals surface area contributed by atoms with Gasteiger partial charge in [0.2, 0.25) is 0 Å². The van der Waals surface area contributed by atoms with Crippen molar-refractivity contribution in [3.63, 3.8) is 0 Å². The summed E-state index contributed by atoms with van der Waals surface area (Å²) in [4.78, 5) is 4.65. The van der Waals surface area contributed by atoms with Crippen molar-refractivity contribution in [2.75, 3.05) is 26.7 Å². The lowest BCUT2D eigenvalue weighted by Crippen LogP contribution is -2.35. The number of nitrogens with zero attached hydrogens (tertiary/aromatic N) is 2. The number of rotatable bonds is 9. The Labute approximate surface area is 107 Å². The van der Waals surface area contributed by atoms with Gasteiger partial charge in [0.25, 0.3) is 0 Å². The molecule has 3 nitrogen and oxygen atoms in total. The van der Waals surface area contributed by atoms with Gasteiger partial charge in [0.05, 0.1) is 6.17 Å². The van der Waals surface area contributed by atoms with Crippen molar-refractivity contribution in [2.45, 2.75) is 52.1 Å². The van der Waals surface area contributed by atoms with E-state index in [0.29, 0.717) is 6.17 Å². The van der Waals surface area contributed by atoms with E-state index >= 15 is 0 Å². The van der Waals surface area contributed by atoms with E-state index in [4.69, 9.17) is 0 Å². The average Bonchev–Trinajstić information content (AvgIpc) is 2.64. The second-order valence-electron chi connectivity index (χ2n) is 5.00. The van der Waals surface area contributed by atoms with Crippen molar-refractivity contribution in [3.8, 4) is 0 Å². The number of hydrogen-bond donors (Lipinski definition) is 1. The molecule has 0 fully saturated rings. The van der Waals surface area contributed by atoms with Crippen molar-refractivity contribution in [1.29, 1.82) is 0 Å². The molecule has 1 atom stereocenters. The van der Waals surface area contributed by atoms with Crippen LogP contribution in [0, 0.1) is 0 Å². The van der Waals surface area contributed by atoms with E-state index in [1.165, 1.54) is 38.6 Å². The molecule has 0 aromatic carbocycles. The molecular formula is C14H29N3. The van der Waals surface area contributed by atoms with Gasteiger partial charge >= 0.3 is 0 Å². The predicted octanol–water partition coefficient (Wildman–Crippen LogP) is 2.61. The molecule has 0 spiro atoms. The Morgan fingerprint density at radius 1 is 1.06 bits per heavy atom. The molecule has 1 aliphatic heterocycles. The molecule has 1 rings (SSSR count). The van der Waals surface area contributed by atoms with Crippen molar-refractivity contribution >= 4 is 0 Å². The number of unbranched alkanes of at least 4 members (excludes halogenated alkanes) is 3. The highest BCUT2D eigenvalue weighted by Crippen LogP contribution is 2.12. The van der Waals surface area contributed by atoms with Gasteiger partial charge in [0.1, 0.15) is 0 Å². The van der Waals surface area contributed by atoms with Crippen LogP contribution in [0.25, 0.3) is 0 Å². The fourth-order valence-electron chi connectivity index (χ4n) is 2.12. The molecular weight excluding hydrogens is 210 g/mol. The van der Waals surface area contributed by atoms with Gasteiger partial charge in [-0.3, -0.25) is 0 Å². The van der Waals surface area contributed by atoms with Crippen molar-refractivity contribution in [3.05, 3.63) is 12.4 Å². The molecule has 0 aliphatic carbocycles. The van der Waals surface area contributed by atoms with Crippen LogP contribution in [-0.4, -0.2) is 42.6 Å². The SMILES string of the molecule is CCCCCCNCCCN1C=CN(C)C1C. The standard InChI is InChI=1S/C14H29N3/c1-4-5-6-7-9-15-10-8-11-17-13-12-16(3)14(17)2/h12-15H,4-11H2,1-3H3. The minimum atomic E-state index is 0.527. The van der Waals surface area contributed by atoms with Gasteiger partial charge in [-0.25, -0.2) is 0 Å². The summed E-state index contributed by atoms with van der Waals surface area (Å²) in [5.74, 6) is 0. The van der Waals surface area contributed by atoms with E-state index in [2.05, 4.69) is 48.4 Å². The molecule has 0 saturated carbocycles. The lowest BCUT2D eigenvalue weighted by atomic mass is 10.2. The van der Waals surface area contributed by atoms with Crippen molar-refractivity contribution in [2.24, 2.45) is 0 Å². The smallest absolute Gasteiger partial charge is 0.0974 e. The number of hydrogen-bond acceptors (Lipinski definition) is 3. The average molecular weight is 239 g/mol. The fraction of sp³-hybridized carbons (Fsp3) is 0.857. The second-order valence-corrected chi connectivity index (χ2v) is 5.00. The topological polar surface area (TPSA) is 18.5 Å². The molecule has 1 unspecified atom stereocenters. The first-order valence-electron chi connectivity index (χ1n) is 7.12. The van der Waals surface area contributed by atoms with Crippen LogP contribution in [0.4, 0.5) is 0 Å². The summed E-state index contributed by atoms with van der Waals surface area (Å²) >= 11 is 0. The van der Waals surface area contributed by atoms with Gasteiger partial charge in [-0.15, -0.1) is 0 Å². The Morgan fingerprint density at radius 3 is 2.47 bits per heavy atom. The maximum absolute atomic E-state index is 3.53. The van der Waals surface area contributed by atoms with E-state index in [0.717, 1.165) is 13.1 Å². The first kappa shape index (κ1) is 14.4. The van der Waals surface area contributed by atoms with Gasteiger partial charge < -0.3 is 15.1 Å². The van der Waals surface area contributed by atoms with Crippen LogP contribution in [0.1, 0.15) is 46.0 Å². The third-order valence-electron chi connectivity index (χ3n) is 3.54. The normalized spacial score (nSPS) is 19.4. The molecule has 17 heavy (non-hydrogen) atoms. The van der Waals surface area contributed by atoms with Gasteiger partial charge in [-0.05, 0) is 32.9 Å². The Bertz CT molecular complexity index is 216. The van der Waals surface area contributed by atoms with E-state index < -0.39 is 0 Å². The van der Waals surface area contributed by atoms with Crippen LogP contribution in [-0.2, 0) is 0 Å². The Balaban J connectivity index is 1.89. The molecule has 0 amide bonds. The van der Waals surface area contributed by atoms with Gasteiger partial charge in [0.15, 0.2) is 0 Å². The Kier molecular flexibility index (Phi) is 7.10. The summed E-state index contributed by atoms with van der Waals surface area (Å²) in [6.07, 6.45) is 11.5.